The van der Waals surface area contributed by atoms with Crippen molar-refractivity contribution in [2.75, 3.05) is 4.90 Å². The predicted octanol–water partition coefficient (Wildman–Crippen LogP) is 6.80. The first-order valence-electron chi connectivity index (χ1n) is 8.49. The summed E-state index contributed by atoms with van der Waals surface area (Å²) in [6.45, 7) is 0. The maximum Gasteiger partial charge on any atom is 0.271 e. The smallest absolute Gasteiger partial charge is 0.268 e. The van der Waals surface area contributed by atoms with Gasteiger partial charge in [0.1, 0.15) is 0 Å². The molecule has 1 amide bonds. The van der Waals surface area contributed by atoms with Crippen LogP contribution in [0.1, 0.15) is 5.56 Å². The number of benzene rings is 3. The number of thioether (sulfide) groups is 1. The molecule has 0 saturated carbocycles. The summed E-state index contributed by atoms with van der Waals surface area (Å²) in [4.78, 5) is 20.0. The van der Waals surface area contributed by atoms with E-state index in [4.69, 9.17) is 23.2 Å². The Morgan fingerprint density at radius 2 is 1.43 bits per heavy atom. The molecule has 0 atom stereocenters. The fourth-order valence-electron chi connectivity index (χ4n) is 2.69. The molecule has 0 aliphatic carbocycles. The molecule has 0 unspecified atom stereocenters. The standard InChI is InChI=1S/C22H14Cl2N2OS/c23-16-6-10-18(11-7-16)25-22-26(19-12-8-17(24)9-13-19)21(27)20(28-22)14-15-4-2-1-3-5-15/h1-14H/b20-14+,25-22?. The Kier molecular flexibility index (Phi) is 5.53. The molecule has 0 aromatic heterocycles. The lowest BCUT2D eigenvalue weighted by Crippen LogP contribution is -2.28. The molecule has 0 bridgehead atoms. The summed E-state index contributed by atoms with van der Waals surface area (Å²) in [5.41, 5.74) is 2.40. The van der Waals surface area contributed by atoms with E-state index in [2.05, 4.69) is 4.99 Å². The Morgan fingerprint density at radius 1 is 0.821 bits per heavy atom. The summed E-state index contributed by atoms with van der Waals surface area (Å²) >= 11 is 13.3. The van der Waals surface area contributed by atoms with E-state index in [0.29, 0.717) is 25.8 Å². The number of amidine groups is 1. The molecule has 4 rings (SSSR count). The maximum atomic E-state index is 13.2. The number of hydrogen-bond acceptors (Lipinski definition) is 3. The predicted molar refractivity (Wildman–Crippen MR) is 119 cm³/mol. The van der Waals surface area contributed by atoms with Gasteiger partial charge in [0.2, 0.25) is 0 Å². The molecule has 6 heteroatoms. The van der Waals surface area contributed by atoms with Gasteiger partial charge in [-0.25, -0.2) is 4.99 Å². The number of anilines is 1. The Hall–Kier alpha value is -2.53. The molecule has 1 aliphatic heterocycles. The van der Waals surface area contributed by atoms with Crippen molar-refractivity contribution in [2.24, 2.45) is 4.99 Å². The van der Waals surface area contributed by atoms with Crippen LogP contribution in [0, 0.1) is 0 Å². The number of rotatable bonds is 3. The van der Waals surface area contributed by atoms with Gasteiger partial charge in [0.15, 0.2) is 5.17 Å². The molecule has 3 aromatic carbocycles. The summed E-state index contributed by atoms with van der Waals surface area (Å²) in [6, 6.07) is 24.1. The summed E-state index contributed by atoms with van der Waals surface area (Å²) in [5, 5.41) is 1.83. The van der Waals surface area contributed by atoms with Gasteiger partial charge in [0.25, 0.3) is 5.91 Å². The lowest BCUT2D eigenvalue weighted by molar-refractivity contribution is -0.113. The quantitative estimate of drug-likeness (QED) is 0.432. The molecule has 1 fully saturated rings. The Morgan fingerprint density at radius 3 is 2.07 bits per heavy atom. The molecule has 1 aliphatic rings. The van der Waals surface area contributed by atoms with Gasteiger partial charge >= 0.3 is 0 Å². The van der Waals surface area contributed by atoms with Crippen LogP contribution in [0.3, 0.4) is 0 Å². The fourth-order valence-corrected chi connectivity index (χ4v) is 3.95. The van der Waals surface area contributed by atoms with Crippen LogP contribution in [0.25, 0.3) is 6.08 Å². The minimum Gasteiger partial charge on any atom is -0.268 e. The summed E-state index contributed by atoms with van der Waals surface area (Å²) in [5.74, 6) is -0.121. The van der Waals surface area contributed by atoms with Crippen molar-refractivity contribution in [1.82, 2.24) is 0 Å². The zero-order valence-corrected chi connectivity index (χ0v) is 16.9. The Labute approximate surface area is 177 Å². The van der Waals surface area contributed by atoms with Crippen LogP contribution in [-0.4, -0.2) is 11.1 Å². The van der Waals surface area contributed by atoms with Gasteiger partial charge in [-0.1, -0.05) is 53.5 Å². The summed E-state index contributed by atoms with van der Waals surface area (Å²) < 4.78 is 0. The van der Waals surface area contributed by atoms with Gasteiger partial charge in [0, 0.05) is 10.0 Å². The van der Waals surface area contributed by atoms with Crippen LogP contribution in [-0.2, 0) is 4.79 Å². The monoisotopic (exact) mass is 424 g/mol. The third-order valence-corrected chi connectivity index (χ3v) is 5.51. The molecule has 0 spiro atoms. The van der Waals surface area contributed by atoms with Crippen LogP contribution in [0.2, 0.25) is 10.0 Å². The molecule has 3 nitrogen and oxygen atoms in total. The van der Waals surface area contributed by atoms with Gasteiger partial charge in [-0.2, -0.15) is 0 Å². The number of aliphatic imine (C=N–C) groups is 1. The van der Waals surface area contributed by atoms with E-state index in [0.717, 1.165) is 11.3 Å². The molecule has 0 N–H and O–H groups in total. The summed E-state index contributed by atoms with van der Waals surface area (Å²) in [7, 11) is 0. The molecular weight excluding hydrogens is 411 g/mol. The first kappa shape index (κ1) is 18.8. The highest BCUT2D eigenvalue weighted by atomic mass is 35.5. The molecule has 3 aromatic rings. The van der Waals surface area contributed by atoms with Crippen LogP contribution in [0.5, 0.6) is 0 Å². The highest BCUT2D eigenvalue weighted by Gasteiger charge is 2.34. The lowest BCUT2D eigenvalue weighted by atomic mass is 10.2. The lowest BCUT2D eigenvalue weighted by Gasteiger charge is -2.15. The van der Waals surface area contributed by atoms with Gasteiger partial charge in [-0.15, -0.1) is 0 Å². The van der Waals surface area contributed by atoms with Gasteiger partial charge in [-0.3, -0.25) is 9.69 Å². The van der Waals surface area contributed by atoms with E-state index in [1.807, 2.05) is 60.7 Å². The SMILES string of the molecule is O=C1/C(=C\c2ccccc2)SC(=Nc2ccc(Cl)cc2)N1c1ccc(Cl)cc1. The van der Waals surface area contributed by atoms with E-state index in [1.54, 1.807) is 29.2 Å². The van der Waals surface area contributed by atoms with Crippen LogP contribution in [0.4, 0.5) is 11.4 Å². The van der Waals surface area contributed by atoms with Gasteiger partial charge in [0.05, 0.1) is 16.3 Å². The average molecular weight is 425 g/mol. The van der Waals surface area contributed by atoms with Crippen LogP contribution in [0.15, 0.2) is 88.8 Å². The average Bonchev–Trinajstić information content (AvgIpc) is 3.00. The number of carbonyl (C=O) groups is 1. The molecule has 1 heterocycles. The highest BCUT2D eigenvalue weighted by Crippen LogP contribution is 2.37. The first-order valence-corrected chi connectivity index (χ1v) is 10.1. The molecule has 0 radical (unpaired) electrons. The topological polar surface area (TPSA) is 32.7 Å². The van der Waals surface area contributed by atoms with E-state index in [9.17, 15) is 4.79 Å². The number of carbonyl (C=O) groups excluding carboxylic acids is 1. The highest BCUT2D eigenvalue weighted by molar-refractivity contribution is 8.19. The number of amides is 1. The zero-order chi connectivity index (χ0) is 19.5. The van der Waals surface area contributed by atoms with Crippen molar-refractivity contribution in [3.8, 4) is 0 Å². The van der Waals surface area contributed by atoms with Crippen molar-refractivity contribution in [3.63, 3.8) is 0 Å². The third kappa shape index (κ3) is 4.14. The van der Waals surface area contributed by atoms with Crippen LogP contribution >= 0.6 is 35.0 Å². The van der Waals surface area contributed by atoms with E-state index < -0.39 is 0 Å². The largest absolute Gasteiger partial charge is 0.271 e. The van der Waals surface area contributed by atoms with Gasteiger partial charge < -0.3 is 0 Å². The van der Waals surface area contributed by atoms with Crippen molar-refractivity contribution < 1.29 is 4.79 Å². The van der Waals surface area contributed by atoms with Crippen LogP contribution < -0.4 is 4.90 Å². The number of nitrogens with zero attached hydrogens (tertiary/aromatic N) is 2. The minimum absolute atomic E-state index is 0.121. The molecule has 28 heavy (non-hydrogen) atoms. The minimum atomic E-state index is -0.121. The molecule has 1 saturated heterocycles. The third-order valence-electron chi connectivity index (χ3n) is 4.04. The van der Waals surface area contributed by atoms with Crippen molar-refractivity contribution >= 4 is 63.5 Å². The second-order valence-electron chi connectivity index (χ2n) is 6.01. The maximum absolute atomic E-state index is 13.2. The van der Waals surface area contributed by atoms with Crippen molar-refractivity contribution in [3.05, 3.63) is 99.4 Å². The van der Waals surface area contributed by atoms with Crippen molar-refractivity contribution in [2.45, 2.75) is 0 Å². The van der Waals surface area contributed by atoms with Crippen molar-refractivity contribution in [1.29, 1.82) is 0 Å². The second kappa shape index (κ2) is 8.23. The number of halogens is 2. The fraction of sp³-hybridized carbons (Fsp3) is 0. The Balaban J connectivity index is 1.77. The first-order chi connectivity index (χ1) is 13.6. The molecule has 138 valence electrons. The molecular formula is C22H14Cl2N2OS. The normalized spacial score (nSPS) is 16.9. The van der Waals surface area contributed by atoms with Gasteiger partial charge in [-0.05, 0) is 71.9 Å². The Bertz CT molecular complexity index is 1060. The van der Waals surface area contributed by atoms with E-state index >= 15 is 0 Å². The second-order valence-corrected chi connectivity index (χ2v) is 7.89. The number of hydrogen-bond donors (Lipinski definition) is 0. The van der Waals surface area contributed by atoms with E-state index in [1.165, 1.54) is 11.8 Å². The van der Waals surface area contributed by atoms with E-state index in [-0.39, 0.29) is 5.91 Å². The summed E-state index contributed by atoms with van der Waals surface area (Å²) in [6.07, 6.45) is 1.88. The zero-order valence-electron chi connectivity index (χ0n) is 14.5.